The Hall–Kier alpha value is -0.470. The Labute approximate surface area is 137 Å². The lowest BCUT2D eigenvalue weighted by Gasteiger charge is -2.59. The van der Waals surface area contributed by atoms with E-state index in [1.807, 2.05) is 6.92 Å². The van der Waals surface area contributed by atoms with Crippen LogP contribution in [0.4, 0.5) is 13.2 Å². The minimum absolute atomic E-state index is 0.302. The Balaban J connectivity index is 1.64. The molecule has 3 heteroatoms. The van der Waals surface area contributed by atoms with Crippen LogP contribution >= 0.6 is 0 Å². The number of rotatable bonds is 0. The molecule has 4 aliphatic carbocycles. The Bertz CT molecular complexity index is 508. The molecule has 0 bridgehead atoms. The van der Waals surface area contributed by atoms with Gasteiger partial charge in [0, 0.05) is 0 Å². The van der Waals surface area contributed by atoms with Crippen molar-refractivity contribution in [1.29, 1.82) is 0 Å². The van der Waals surface area contributed by atoms with Crippen molar-refractivity contribution in [2.75, 3.05) is 0 Å². The van der Waals surface area contributed by atoms with Gasteiger partial charge in [-0.2, -0.15) is 13.2 Å². The number of alkyl halides is 3. The molecule has 0 aromatic rings. The van der Waals surface area contributed by atoms with Gasteiger partial charge < -0.3 is 0 Å². The highest BCUT2D eigenvalue weighted by Crippen LogP contribution is 2.68. The summed E-state index contributed by atoms with van der Waals surface area (Å²) in [4.78, 5) is 0. The van der Waals surface area contributed by atoms with Gasteiger partial charge in [-0.15, -0.1) is 0 Å². The van der Waals surface area contributed by atoms with E-state index in [0.29, 0.717) is 29.6 Å². The van der Waals surface area contributed by atoms with E-state index >= 15 is 0 Å². The first-order valence-corrected chi connectivity index (χ1v) is 9.48. The van der Waals surface area contributed by atoms with Gasteiger partial charge in [-0.3, -0.25) is 0 Å². The maximum atomic E-state index is 13.5. The highest BCUT2D eigenvalue weighted by molar-refractivity contribution is 5.12. The molecule has 0 aromatic heterocycles. The zero-order valence-corrected chi connectivity index (χ0v) is 14.3. The SMILES string of the molecule is C[C@]12CC=CCC1CC[C@@H]1[C@H]2CC[C@]2(C)C(C(F)(F)F)CC[C@@H]12. The van der Waals surface area contributed by atoms with Crippen molar-refractivity contribution in [3.8, 4) is 0 Å². The zero-order chi connectivity index (χ0) is 16.5. The van der Waals surface area contributed by atoms with E-state index in [-0.39, 0.29) is 0 Å². The summed E-state index contributed by atoms with van der Waals surface area (Å²) >= 11 is 0. The van der Waals surface area contributed by atoms with Crippen molar-refractivity contribution in [3.63, 3.8) is 0 Å². The van der Waals surface area contributed by atoms with Crippen LogP contribution in [0.1, 0.15) is 65.2 Å². The van der Waals surface area contributed by atoms with Crippen LogP contribution in [0.5, 0.6) is 0 Å². The Morgan fingerprint density at radius 2 is 1.61 bits per heavy atom. The molecule has 0 nitrogen and oxygen atoms in total. The minimum Gasteiger partial charge on any atom is -0.171 e. The molecule has 0 radical (unpaired) electrons. The summed E-state index contributed by atoms with van der Waals surface area (Å²) < 4.78 is 40.6. The molecule has 0 spiro atoms. The molecule has 4 rings (SSSR count). The molecule has 0 N–H and O–H groups in total. The maximum absolute atomic E-state index is 13.5. The van der Waals surface area contributed by atoms with Gasteiger partial charge in [-0.05, 0) is 85.9 Å². The molecule has 0 amide bonds. The minimum atomic E-state index is -4.01. The third kappa shape index (κ3) is 2.17. The van der Waals surface area contributed by atoms with Gasteiger partial charge in [-0.25, -0.2) is 0 Å². The normalized spacial score (nSPS) is 52.7. The molecule has 3 saturated carbocycles. The van der Waals surface area contributed by atoms with Gasteiger partial charge in [0.05, 0.1) is 5.92 Å². The predicted octanol–water partition coefficient (Wildman–Crippen LogP) is 6.37. The molecule has 23 heavy (non-hydrogen) atoms. The standard InChI is InChI=1S/C20H29F3/c1-18-11-4-3-5-13(18)6-7-14-15-8-9-17(20(21,22)23)19(15,2)12-10-16(14)18/h3-4,13-17H,5-12H2,1-2H3/t13?,14-,15-,16+,17?,18-,19-/m0/s1. The molecule has 2 unspecified atom stereocenters. The van der Waals surface area contributed by atoms with Gasteiger partial charge in [0.25, 0.3) is 0 Å². The fourth-order valence-electron chi connectivity index (χ4n) is 7.38. The summed E-state index contributed by atoms with van der Waals surface area (Å²) in [6.07, 6.45) is 8.36. The number of hydrogen-bond acceptors (Lipinski definition) is 0. The summed E-state index contributed by atoms with van der Waals surface area (Å²) in [5.41, 5.74) is -0.150. The third-order valence-electron chi connectivity index (χ3n) is 8.61. The summed E-state index contributed by atoms with van der Waals surface area (Å²) in [5, 5.41) is 0. The molecule has 3 fully saturated rings. The third-order valence-corrected chi connectivity index (χ3v) is 8.61. The molecule has 0 aromatic carbocycles. The average molecular weight is 326 g/mol. The highest BCUT2D eigenvalue weighted by Gasteiger charge is 2.64. The molecule has 0 aliphatic heterocycles. The Morgan fingerprint density at radius 1 is 0.870 bits per heavy atom. The quantitative estimate of drug-likeness (QED) is 0.453. The Morgan fingerprint density at radius 3 is 2.35 bits per heavy atom. The van der Waals surface area contributed by atoms with E-state index in [0.717, 1.165) is 31.6 Å². The van der Waals surface area contributed by atoms with Crippen molar-refractivity contribution >= 4 is 0 Å². The Kier molecular flexibility index (Phi) is 3.50. The molecule has 4 aliphatic rings. The molecule has 130 valence electrons. The fraction of sp³-hybridized carbons (Fsp3) is 0.900. The first kappa shape index (κ1) is 16.0. The van der Waals surface area contributed by atoms with E-state index in [1.54, 1.807) is 0 Å². The largest absolute Gasteiger partial charge is 0.392 e. The van der Waals surface area contributed by atoms with E-state index < -0.39 is 17.5 Å². The second-order valence-electron chi connectivity index (χ2n) is 9.28. The van der Waals surface area contributed by atoms with Gasteiger partial charge in [0.2, 0.25) is 0 Å². The first-order valence-electron chi connectivity index (χ1n) is 9.48. The van der Waals surface area contributed by atoms with E-state index in [2.05, 4.69) is 19.1 Å². The van der Waals surface area contributed by atoms with E-state index in [9.17, 15) is 13.2 Å². The van der Waals surface area contributed by atoms with Crippen molar-refractivity contribution in [3.05, 3.63) is 12.2 Å². The predicted molar refractivity (Wildman–Crippen MR) is 85.8 cm³/mol. The second-order valence-corrected chi connectivity index (χ2v) is 9.28. The summed E-state index contributed by atoms with van der Waals surface area (Å²) in [6.45, 7) is 4.41. The lowest BCUT2D eigenvalue weighted by Crippen LogP contribution is -2.53. The van der Waals surface area contributed by atoms with Crippen LogP contribution in [0, 0.1) is 40.4 Å². The van der Waals surface area contributed by atoms with Gasteiger partial charge in [0.15, 0.2) is 0 Å². The van der Waals surface area contributed by atoms with Gasteiger partial charge in [-0.1, -0.05) is 26.0 Å². The monoisotopic (exact) mass is 326 g/mol. The van der Waals surface area contributed by atoms with E-state index in [4.69, 9.17) is 0 Å². The maximum Gasteiger partial charge on any atom is 0.392 e. The van der Waals surface area contributed by atoms with Crippen molar-refractivity contribution < 1.29 is 13.2 Å². The lowest BCUT2D eigenvalue weighted by molar-refractivity contribution is -0.214. The zero-order valence-electron chi connectivity index (χ0n) is 14.3. The average Bonchev–Trinajstić information content (AvgIpc) is 2.84. The van der Waals surface area contributed by atoms with Crippen molar-refractivity contribution in [2.45, 2.75) is 71.4 Å². The lowest BCUT2D eigenvalue weighted by atomic mass is 9.45. The molecular weight excluding hydrogens is 297 g/mol. The van der Waals surface area contributed by atoms with Crippen LogP contribution in [-0.2, 0) is 0 Å². The number of hydrogen-bond donors (Lipinski definition) is 0. The van der Waals surface area contributed by atoms with Crippen molar-refractivity contribution in [1.82, 2.24) is 0 Å². The van der Waals surface area contributed by atoms with E-state index in [1.165, 1.54) is 19.3 Å². The molecule has 0 heterocycles. The molecule has 0 saturated heterocycles. The molecule has 7 atom stereocenters. The van der Waals surface area contributed by atoms with Crippen LogP contribution in [0.3, 0.4) is 0 Å². The smallest absolute Gasteiger partial charge is 0.171 e. The summed E-state index contributed by atoms with van der Waals surface area (Å²) in [6, 6.07) is 0. The summed E-state index contributed by atoms with van der Waals surface area (Å²) in [5.74, 6) is 1.19. The number of fused-ring (bicyclic) bond motifs is 5. The van der Waals surface area contributed by atoms with Gasteiger partial charge >= 0.3 is 6.18 Å². The fourth-order valence-corrected chi connectivity index (χ4v) is 7.38. The van der Waals surface area contributed by atoms with Crippen LogP contribution < -0.4 is 0 Å². The first-order chi connectivity index (χ1) is 10.8. The molecular formula is C20H29F3. The topological polar surface area (TPSA) is 0 Å². The van der Waals surface area contributed by atoms with Crippen LogP contribution in [0.15, 0.2) is 12.2 Å². The number of allylic oxidation sites excluding steroid dienone is 2. The van der Waals surface area contributed by atoms with Crippen molar-refractivity contribution in [2.24, 2.45) is 40.4 Å². The second kappa shape index (κ2) is 5.02. The number of halogens is 3. The van der Waals surface area contributed by atoms with Crippen LogP contribution in [0.2, 0.25) is 0 Å². The van der Waals surface area contributed by atoms with Gasteiger partial charge in [0.1, 0.15) is 0 Å². The van der Waals surface area contributed by atoms with Crippen LogP contribution in [-0.4, -0.2) is 6.18 Å². The highest BCUT2D eigenvalue weighted by atomic mass is 19.4. The van der Waals surface area contributed by atoms with Crippen LogP contribution in [0.25, 0.3) is 0 Å². The summed E-state index contributed by atoms with van der Waals surface area (Å²) in [7, 11) is 0.